The van der Waals surface area contributed by atoms with Gasteiger partial charge >= 0.3 is 5.97 Å². The van der Waals surface area contributed by atoms with E-state index < -0.39 is 15.6 Å². The van der Waals surface area contributed by atoms with E-state index >= 15 is 0 Å². The maximum Gasteiger partial charge on any atom is 0.309 e. The minimum Gasteiger partial charge on any atom is -0.466 e. The molecule has 5 rings (SSSR count). The van der Waals surface area contributed by atoms with Crippen molar-refractivity contribution in [2.24, 2.45) is 5.92 Å². The number of likely N-dealkylation sites (tertiary alicyclic amines) is 1. The number of hydrogen-bond donors (Lipinski definition) is 0. The van der Waals surface area contributed by atoms with E-state index in [4.69, 9.17) is 4.74 Å². The van der Waals surface area contributed by atoms with Gasteiger partial charge in [0.1, 0.15) is 16.3 Å². The predicted molar refractivity (Wildman–Crippen MR) is 148 cm³/mol. The number of aromatic nitrogens is 4. The number of esters is 1. The highest BCUT2D eigenvalue weighted by Crippen LogP contribution is 2.33. The van der Waals surface area contributed by atoms with Crippen molar-refractivity contribution in [2.75, 3.05) is 50.8 Å². The third-order valence-corrected chi connectivity index (χ3v) is 10.5. The fourth-order valence-electron chi connectivity index (χ4n) is 5.12. The number of piperidine rings is 1. The van der Waals surface area contributed by atoms with Crippen LogP contribution in [-0.4, -0.2) is 94.9 Å². The van der Waals surface area contributed by atoms with Gasteiger partial charge in [0.05, 0.1) is 24.2 Å². The summed E-state index contributed by atoms with van der Waals surface area (Å²) in [5.41, 5.74) is -0.570. The van der Waals surface area contributed by atoms with Gasteiger partial charge in [-0.1, -0.05) is 0 Å². The van der Waals surface area contributed by atoms with E-state index in [-0.39, 0.29) is 47.7 Å². The number of nitrogens with zero attached hydrogens (tertiary/aromatic N) is 7. The molecule has 214 valence electrons. The van der Waals surface area contributed by atoms with Crippen LogP contribution in [0.4, 0.5) is 5.95 Å². The lowest BCUT2D eigenvalue weighted by atomic mass is 9.97. The lowest BCUT2D eigenvalue weighted by molar-refractivity contribution is -0.151. The average molecular weight is 590 g/mol. The first kappa shape index (κ1) is 28.1. The summed E-state index contributed by atoms with van der Waals surface area (Å²) < 4.78 is 35.2. The Morgan fingerprint density at radius 3 is 2.38 bits per heavy atom. The van der Waals surface area contributed by atoms with Crippen LogP contribution in [-0.2, 0) is 30.9 Å². The fourth-order valence-corrected chi connectivity index (χ4v) is 8.21. The second kappa shape index (κ2) is 11.6. The zero-order valence-corrected chi connectivity index (χ0v) is 24.0. The number of piperazine rings is 1. The Balaban J connectivity index is 1.33. The summed E-state index contributed by atoms with van der Waals surface area (Å²) in [4.78, 5) is 55.6. The highest BCUT2D eigenvalue weighted by Gasteiger charge is 2.35. The molecule has 3 aromatic rings. The zero-order chi connectivity index (χ0) is 28.4. The molecule has 0 aliphatic carbocycles. The molecule has 2 aliphatic rings. The molecule has 2 fully saturated rings. The number of rotatable bonds is 7. The fraction of sp³-hybridized carbons (Fsp3) is 0.520. The monoisotopic (exact) mass is 589 g/mol. The van der Waals surface area contributed by atoms with Gasteiger partial charge in [-0.2, -0.15) is 4.31 Å². The average Bonchev–Trinajstić information content (AvgIpc) is 3.32. The molecule has 0 atom stereocenters. The molecule has 1 amide bonds. The number of sulfonamides is 1. The van der Waals surface area contributed by atoms with Crippen LogP contribution in [0.25, 0.3) is 10.2 Å². The number of carbonyl (C=O) groups excluding carboxylic acids is 2. The Labute approximate surface area is 235 Å². The van der Waals surface area contributed by atoms with E-state index in [9.17, 15) is 22.8 Å². The van der Waals surface area contributed by atoms with Gasteiger partial charge < -0.3 is 14.5 Å². The highest BCUT2D eigenvalue weighted by molar-refractivity contribution is 7.89. The van der Waals surface area contributed by atoms with Crippen molar-refractivity contribution >= 4 is 49.4 Å². The Hall–Kier alpha value is -3.43. The molecule has 5 heterocycles. The van der Waals surface area contributed by atoms with E-state index in [1.54, 1.807) is 37.2 Å². The SMILES string of the molecule is CCOC(=O)C1CCN(C(=O)Cn2cnc3sc(C)c(S(=O)(=O)N4CCN(c5ncccn5)CC4)c3c2=O)CC1. The van der Waals surface area contributed by atoms with Crippen LogP contribution in [0, 0.1) is 12.8 Å². The van der Waals surface area contributed by atoms with Gasteiger partial charge in [-0.25, -0.2) is 23.4 Å². The smallest absolute Gasteiger partial charge is 0.309 e. The van der Waals surface area contributed by atoms with Crippen molar-refractivity contribution in [1.29, 1.82) is 0 Å². The maximum atomic E-state index is 13.8. The van der Waals surface area contributed by atoms with E-state index in [1.807, 2.05) is 4.90 Å². The summed E-state index contributed by atoms with van der Waals surface area (Å²) in [6.45, 7) is 5.47. The Kier molecular flexibility index (Phi) is 8.14. The molecule has 13 nitrogen and oxygen atoms in total. The van der Waals surface area contributed by atoms with Crippen LogP contribution in [0.5, 0.6) is 0 Å². The molecule has 0 radical (unpaired) electrons. The summed E-state index contributed by atoms with van der Waals surface area (Å²) in [6.07, 6.45) is 5.55. The molecule has 0 bridgehead atoms. The van der Waals surface area contributed by atoms with Crippen LogP contribution >= 0.6 is 11.3 Å². The van der Waals surface area contributed by atoms with Gasteiger partial charge in [0.25, 0.3) is 5.56 Å². The zero-order valence-electron chi connectivity index (χ0n) is 22.4. The van der Waals surface area contributed by atoms with Gasteiger partial charge in [0, 0.05) is 56.5 Å². The van der Waals surface area contributed by atoms with Crippen LogP contribution in [0.15, 0.2) is 34.5 Å². The summed E-state index contributed by atoms with van der Waals surface area (Å²) >= 11 is 1.14. The van der Waals surface area contributed by atoms with E-state index in [0.717, 1.165) is 15.9 Å². The third kappa shape index (κ3) is 5.45. The number of amides is 1. The molecule has 0 saturated carbocycles. The molecule has 2 aliphatic heterocycles. The topological polar surface area (TPSA) is 148 Å². The van der Waals surface area contributed by atoms with Crippen molar-refractivity contribution in [2.45, 2.75) is 38.1 Å². The molecule has 3 aromatic heterocycles. The van der Waals surface area contributed by atoms with Crippen LogP contribution in [0.1, 0.15) is 24.6 Å². The Morgan fingerprint density at radius 1 is 1.05 bits per heavy atom. The van der Waals surface area contributed by atoms with Gasteiger partial charge in [0.2, 0.25) is 21.9 Å². The Bertz CT molecular complexity index is 1560. The molecule has 0 aromatic carbocycles. The number of anilines is 1. The number of ether oxygens (including phenoxy) is 1. The van der Waals surface area contributed by atoms with Gasteiger partial charge in [0.15, 0.2) is 0 Å². The molecule has 0 spiro atoms. The summed E-state index contributed by atoms with van der Waals surface area (Å²) in [7, 11) is -4.01. The maximum absolute atomic E-state index is 13.8. The lowest BCUT2D eigenvalue weighted by Gasteiger charge is -2.33. The van der Waals surface area contributed by atoms with Crippen LogP contribution in [0.2, 0.25) is 0 Å². The van der Waals surface area contributed by atoms with Crippen molar-refractivity contribution in [3.63, 3.8) is 0 Å². The number of aryl methyl sites for hydroxylation is 1. The minimum atomic E-state index is -4.01. The highest BCUT2D eigenvalue weighted by atomic mass is 32.2. The normalized spacial score (nSPS) is 17.4. The van der Waals surface area contributed by atoms with Gasteiger partial charge in [-0.15, -0.1) is 11.3 Å². The van der Waals surface area contributed by atoms with E-state index in [0.29, 0.717) is 61.3 Å². The number of thiophene rings is 1. The van der Waals surface area contributed by atoms with Gasteiger partial charge in [-0.05, 0) is 32.8 Å². The van der Waals surface area contributed by atoms with Crippen molar-refractivity contribution in [3.05, 3.63) is 40.0 Å². The molecule has 40 heavy (non-hydrogen) atoms. The minimum absolute atomic E-state index is 0.00708. The lowest BCUT2D eigenvalue weighted by Crippen LogP contribution is -2.49. The van der Waals surface area contributed by atoms with Crippen LogP contribution in [0.3, 0.4) is 0 Å². The number of hydrogen-bond acceptors (Lipinski definition) is 11. The first-order chi connectivity index (χ1) is 19.2. The summed E-state index contributed by atoms with van der Waals surface area (Å²) in [5.74, 6) is -0.245. The summed E-state index contributed by atoms with van der Waals surface area (Å²) in [5, 5.41) is 0.00708. The van der Waals surface area contributed by atoms with Crippen molar-refractivity contribution in [3.8, 4) is 0 Å². The molecule has 15 heteroatoms. The second-order valence-corrected chi connectivity index (χ2v) is 12.8. The largest absolute Gasteiger partial charge is 0.466 e. The Morgan fingerprint density at radius 2 is 1.73 bits per heavy atom. The predicted octanol–water partition coefficient (Wildman–Crippen LogP) is 0.869. The first-order valence-electron chi connectivity index (χ1n) is 13.2. The van der Waals surface area contributed by atoms with E-state index in [2.05, 4.69) is 15.0 Å². The number of fused-ring (bicyclic) bond motifs is 1. The quantitative estimate of drug-likeness (QED) is 0.364. The third-order valence-electron chi connectivity index (χ3n) is 7.24. The summed E-state index contributed by atoms with van der Waals surface area (Å²) in [6, 6.07) is 1.72. The van der Waals surface area contributed by atoms with E-state index in [1.165, 1.54) is 10.6 Å². The molecule has 0 N–H and O–H groups in total. The van der Waals surface area contributed by atoms with Crippen molar-refractivity contribution < 1.29 is 22.7 Å². The molecule has 0 unspecified atom stereocenters. The van der Waals surface area contributed by atoms with Crippen LogP contribution < -0.4 is 10.5 Å². The first-order valence-corrected chi connectivity index (χ1v) is 15.4. The molecular formula is C25H31N7O6S2. The standard InChI is InChI=1S/C25H31N7O6S2/c1-3-38-24(35)18-5-9-29(10-6-18)19(33)15-31-16-28-22-20(23(31)34)21(17(2)39-22)40(36,37)32-13-11-30(12-14-32)25-26-7-4-8-27-25/h4,7-8,16,18H,3,5-6,9-15H2,1-2H3. The molecular weight excluding hydrogens is 558 g/mol. The number of carbonyl (C=O) groups is 2. The van der Waals surface area contributed by atoms with Crippen molar-refractivity contribution in [1.82, 2.24) is 28.7 Å². The van der Waals surface area contributed by atoms with Gasteiger partial charge in [-0.3, -0.25) is 19.0 Å². The second-order valence-electron chi connectivity index (χ2n) is 9.69. The molecule has 2 saturated heterocycles.